The topological polar surface area (TPSA) is 65.0 Å². The highest BCUT2D eigenvalue weighted by molar-refractivity contribution is 5.90. The van der Waals surface area contributed by atoms with E-state index < -0.39 is 5.97 Å². The molecule has 0 bridgehead atoms. The molecule has 2 rings (SSSR count). The molecule has 0 aliphatic rings. The molecule has 0 unspecified atom stereocenters. The minimum Gasteiger partial charge on any atom is -0.423 e. The summed E-state index contributed by atoms with van der Waals surface area (Å²) >= 11 is 0. The van der Waals surface area contributed by atoms with Crippen LogP contribution < -0.4 is 9.57 Å². The summed E-state index contributed by atoms with van der Waals surface area (Å²) in [6.07, 6.45) is 0. The first-order chi connectivity index (χ1) is 8.79. The standard InChI is InChI=1S/C13H9NO4/c15-13(10-4-2-1-3-5-10)17-11-6-8-12(9-7-11)18-14-16/h1-9H. The fraction of sp³-hybridized carbons (Fsp3) is 0. The second-order valence-corrected chi connectivity index (χ2v) is 3.39. The first kappa shape index (κ1) is 11.8. The predicted molar refractivity (Wildman–Crippen MR) is 64.3 cm³/mol. The van der Waals surface area contributed by atoms with E-state index >= 15 is 0 Å². The van der Waals surface area contributed by atoms with E-state index in [4.69, 9.17) is 4.74 Å². The van der Waals surface area contributed by atoms with Crippen LogP contribution >= 0.6 is 0 Å². The third kappa shape index (κ3) is 2.91. The number of rotatable bonds is 4. The predicted octanol–water partition coefficient (Wildman–Crippen LogP) is 2.97. The fourth-order valence-corrected chi connectivity index (χ4v) is 1.35. The van der Waals surface area contributed by atoms with Crippen LogP contribution in [0.5, 0.6) is 11.5 Å². The van der Waals surface area contributed by atoms with Gasteiger partial charge in [-0.1, -0.05) is 18.2 Å². The number of ether oxygens (including phenoxy) is 1. The fourth-order valence-electron chi connectivity index (χ4n) is 1.35. The smallest absolute Gasteiger partial charge is 0.343 e. The lowest BCUT2D eigenvalue weighted by atomic mass is 10.2. The number of benzene rings is 2. The van der Waals surface area contributed by atoms with Gasteiger partial charge in [0.05, 0.1) is 5.56 Å². The molecule has 0 atom stereocenters. The minimum absolute atomic E-state index is 0.282. The number of carbonyl (C=O) groups is 1. The molecule has 0 N–H and O–H groups in total. The van der Waals surface area contributed by atoms with Crippen LogP contribution in [0.2, 0.25) is 0 Å². The molecule has 0 aliphatic heterocycles. The molecule has 90 valence electrons. The quantitative estimate of drug-likeness (QED) is 0.358. The van der Waals surface area contributed by atoms with Crippen molar-refractivity contribution in [1.29, 1.82) is 0 Å². The molecule has 18 heavy (non-hydrogen) atoms. The Morgan fingerprint density at radius 3 is 2.11 bits per heavy atom. The summed E-state index contributed by atoms with van der Waals surface area (Å²) in [6, 6.07) is 14.6. The Morgan fingerprint density at radius 2 is 1.50 bits per heavy atom. The van der Waals surface area contributed by atoms with E-state index in [1.54, 1.807) is 24.3 Å². The molecular weight excluding hydrogens is 234 g/mol. The van der Waals surface area contributed by atoms with Crippen molar-refractivity contribution in [2.75, 3.05) is 0 Å². The highest BCUT2D eigenvalue weighted by Gasteiger charge is 2.07. The second-order valence-electron chi connectivity index (χ2n) is 3.39. The van der Waals surface area contributed by atoms with Crippen LogP contribution in [0.3, 0.4) is 0 Å². The molecule has 0 aliphatic carbocycles. The van der Waals surface area contributed by atoms with Crippen molar-refractivity contribution in [1.82, 2.24) is 0 Å². The SMILES string of the molecule is O=NOc1ccc(OC(=O)c2ccccc2)cc1. The van der Waals surface area contributed by atoms with Crippen molar-refractivity contribution in [3.63, 3.8) is 0 Å². The molecule has 0 amide bonds. The van der Waals surface area contributed by atoms with Gasteiger partial charge in [-0.05, 0) is 36.4 Å². The van der Waals surface area contributed by atoms with E-state index in [9.17, 15) is 9.70 Å². The lowest BCUT2D eigenvalue weighted by Gasteiger charge is -2.04. The zero-order valence-corrected chi connectivity index (χ0v) is 9.28. The molecule has 0 aromatic heterocycles. The highest BCUT2D eigenvalue weighted by atomic mass is 16.7. The summed E-state index contributed by atoms with van der Waals surface area (Å²) in [4.78, 5) is 25.9. The Balaban J connectivity index is 2.05. The third-order valence-corrected chi connectivity index (χ3v) is 2.19. The van der Waals surface area contributed by atoms with Gasteiger partial charge in [0.1, 0.15) is 5.75 Å². The second kappa shape index (κ2) is 5.58. The van der Waals surface area contributed by atoms with Gasteiger partial charge in [0.15, 0.2) is 11.1 Å². The number of nitrogens with zero attached hydrogens (tertiary/aromatic N) is 1. The first-order valence-corrected chi connectivity index (χ1v) is 5.16. The maximum Gasteiger partial charge on any atom is 0.343 e. The number of hydrogen-bond acceptors (Lipinski definition) is 5. The molecule has 5 nitrogen and oxygen atoms in total. The third-order valence-electron chi connectivity index (χ3n) is 2.19. The largest absolute Gasteiger partial charge is 0.423 e. The van der Waals surface area contributed by atoms with Crippen molar-refractivity contribution < 1.29 is 14.4 Å². The normalized spacial score (nSPS) is 9.56. The van der Waals surface area contributed by atoms with Crippen LogP contribution in [0.15, 0.2) is 59.9 Å². The van der Waals surface area contributed by atoms with E-state index in [2.05, 4.69) is 10.2 Å². The summed E-state index contributed by atoms with van der Waals surface area (Å²) in [7, 11) is 0. The summed E-state index contributed by atoms with van der Waals surface area (Å²) in [6.45, 7) is 0. The van der Waals surface area contributed by atoms with Gasteiger partial charge in [-0.25, -0.2) is 4.79 Å². The molecule has 2 aromatic carbocycles. The van der Waals surface area contributed by atoms with Gasteiger partial charge >= 0.3 is 5.97 Å². The van der Waals surface area contributed by atoms with E-state index in [1.165, 1.54) is 24.3 Å². The molecule has 0 heterocycles. The summed E-state index contributed by atoms with van der Waals surface area (Å²) in [5.41, 5.74) is 0.465. The maximum absolute atomic E-state index is 11.7. The van der Waals surface area contributed by atoms with Crippen molar-refractivity contribution >= 4 is 5.97 Å². The number of esters is 1. The van der Waals surface area contributed by atoms with Crippen LogP contribution in [-0.4, -0.2) is 5.97 Å². The average molecular weight is 243 g/mol. The number of hydrogen-bond donors (Lipinski definition) is 0. The van der Waals surface area contributed by atoms with Crippen molar-refractivity contribution in [2.45, 2.75) is 0 Å². The Labute approximate surface area is 103 Å². The van der Waals surface area contributed by atoms with Crippen LogP contribution in [-0.2, 0) is 0 Å². The van der Waals surface area contributed by atoms with E-state index in [0.29, 0.717) is 11.3 Å². The van der Waals surface area contributed by atoms with Crippen LogP contribution in [0, 0.1) is 4.91 Å². The van der Waals surface area contributed by atoms with Gasteiger partial charge in [0.2, 0.25) is 0 Å². The van der Waals surface area contributed by atoms with Crippen LogP contribution in [0.25, 0.3) is 0 Å². The van der Waals surface area contributed by atoms with Crippen molar-refractivity contribution in [3.05, 3.63) is 65.1 Å². The monoisotopic (exact) mass is 243 g/mol. The minimum atomic E-state index is -0.446. The lowest BCUT2D eigenvalue weighted by Crippen LogP contribution is -2.07. The highest BCUT2D eigenvalue weighted by Crippen LogP contribution is 2.18. The zero-order chi connectivity index (χ0) is 12.8. The van der Waals surface area contributed by atoms with E-state index in [0.717, 1.165) is 0 Å². The van der Waals surface area contributed by atoms with E-state index in [-0.39, 0.29) is 5.75 Å². The van der Waals surface area contributed by atoms with Crippen molar-refractivity contribution in [2.24, 2.45) is 5.34 Å². The average Bonchev–Trinajstić information content (AvgIpc) is 2.42. The van der Waals surface area contributed by atoms with Crippen molar-refractivity contribution in [3.8, 4) is 11.5 Å². The molecule has 2 aromatic rings. The Morgan fingerprint density at radius 1 is 0.889 bits per heavy atom. The molecule has 0 saturated heterocycles. The van der Waals surface area contributed by atoms with Crippen LogP contribution in [0.4, 0.5) is 0 Å². The van der Waals surface area contributed by atoms with Gasteiger partial charge < -0.3 is 9.57 Å². The molecule has 5 heteroatoms. The first-order valence-electron chi connectivity index (χ1n) is 5.16. The summed E-state index contributed by atoms with van der Waals surface area (Å²) < 4.78 is 5.13. The molecule has 0 radical (unpaired) electrons. The summed E-state index contributed by atoms with van der Waals surface area (Å²) in [5, 5.41) is 2.29. The molecular formula is C13H9NO4. The van der Waals surface area contributed by atoms with E-state index in [1.807, 2.05) is 6.07 Å². The van der Waals surface area contributed by atoms with Gasteiger partial charge in [-0.2, -0.15) is 0 Å². The zero-order valence-electron chi connectivity index (χ0n) is 9.28. The Kier molecular flexibility index (Phi) is 3.66. The van der Waals surface area contributed by atoms with Gasteiger partial charge in [0, 0.05) is 0 Å². The Bertz CT molecular complexity index is 537. The Hall–Kier alpha value is -2.69. The molecule has 0 saturated carbocycles. The summed E-state index contributed by atoms with van der Waals surface area (Å²) in [5.74, 6) is 0.199. The van der Waals surface area contributed by atoms with Gasteiger partial charge in [-0.15, -0.1) is 4.91 Å². The van der Waals surface area contributed by atoms with Crippen LogP contribution in [0.1, 0.15) is 10.4 Å². The van der Waals surface area contributed by atoms with Gasteiger partial charge in [0.25, 0.3) is 0 Å². The molecule has 0 fully saturated rings. The lowest BCUT2D eigenvalue weighted by molar-refractivity contribution is 0.0734. The molecule has 0 spiro atoms. The number of carbonyl (C=O) groups excluding carboxylic acids is 1. The maximum atomic E-state index is 11.7. The van der Waals surface area contributed by atoms with Gasteiger partial charge in [-0.3, -0.25) is 0 Å².